The molecule has 2 atom stereocenters. The number of rotatable bonds is 9. The molecule has 4 N–H and O–H groups in total. The summed E-state index contributed by atoms with van der Waals surface area (Å²) < 4.78 is 44.0. The van der Waals surface area contributed by atoms with E-state index in [0.29, 0.717) is 5.56 Å². The predicted molar refractivity (Wildman–Crippen MR) is 96.4 cm³/mol. The molecule has 0 aliphatic carbocycles. The molecule has 0 spiro atoms. The first kappa shape index (κ1) is 23.5. The van der Waals surface area contributed by atoms with Crippen LogP contribution in [-0.2, 0) is 9.53 Å². The largest absolute Gasteiger partial charge is 0.385 e. The summed E-state index contributed by atoms with van der Waals surface area (Å²) in [6.45, 7) is 4.59. The third kappa shape index (κ3) is 7.21. The van der Waals surface area contributed by atoms with Crippen LogP contribution in [0.2, 0.25) is 5.15 Å². The number of amides is 1. The van der Waals surface area contributed by atoms with Crippen LogP contribution >= 0.6 is 11.6 Å². The molecule has 0 radical (unpaired) electrons. The molecule has 0 aliphatic rings. The summed E-state index contributed by atoms with van der Waals surface area (Å²) in [5.41, 5.74) is 4.65. The molecule has 1 rings (SSSR count). The second-order valence-electron chi connectivity index (χ2n) is 7.12. The Morgan fingerprint density at radius 2 is 2.00 bits per heavy atom. The molecule has 11 heteroatoms. The van der Waals surface area contributed by atoms with Gasteiger partial charge in [0.1, 0.15) is 0 Å². The highest BCUT2D eigenvalue weighted by Crippen LogP contribution is 2.27. The minimum absolute atomic E-state index is 0.0177. The van der Waals surface area contributed by atoms with Crippen LogP contribution in [0.3, 0.4) is 0 Å². The van der Waals surface area contributed by atoms with Gasteiger partial charge in [0.2, 0.25) is 11.7 Å². The number of halogens is 4. The van der Waals surface area contributed by atoms with Crippen molar-refractivity contribution in [3.63, 3.8) is 0 Å². The van der Waals surface area contributed by atoms with Gasteiger partial charge in [-0.1, -0.05) is 32.4 Å². The van der Waals surface area contributed by atoms with Crippen molar-refractivity contribution in [3.8, 4) is 0 Å². The standard InChI is InChI=1S/C16H25ClF3N5O2/c1-15(2,3)14(26)23-11-7-9(12(17)25-24-11)10(5-6-27-4)22-8-16(20,21)13(18)19/h7,10,13,22H,5-6,8,21H2,1-4H3,(H,23,24,26)/t10-,16?/m1/s1. The number of hydrogen-bond acceptors (Lipinski definition) is 6. The topological polar surface area (TPSA) is 102 Å². The molecule has 0 bridgehead atoms. The molecule has 0 fully saturated rings. The Balaban J connectivity index is 3.06. The monoisotopic (exact) mass is 411 g/mol. The highest BCUT2D eigenvalue weighted by molar-refractivity contribution is 6.30. The number of nitrogens with one attached hydrogen (secondary N) is 2. The first-order chi connectivity index (χ1) is 12.4. The van der Waals surface area contributed by atoms with E-state index < -0.39 is 30.2 Å². The van der Waals surface area contributed by atoms with E-state index in [9.17, 15) is 18.0 Å². The van der Waals surface area contributed by atoms with Gasteiger partial charge in [-0.3, -0.25) is 10.5 Å². The van der Waals surface area contributed by atoms with Crippen LogP contribution in [0, 0.1) is 5.41 Å². The molecule has 154 valence electrons. The lowest BCUT2D eigenvalue weighted by molar-refractivity contribution is -0.123. The van der Waals surface area contributed by atoms with Crippen molar-refractivity contribution in [2.75, 3.05) is 25.6 Å². The summed E-state index contributed by atoms with van der Waals surface area (Å²) in [6.07, 6.45) is -3.09. The van der Waals surface area contributed by atoms with Gasteiger partial charge in [0.15, 0.2) is 11.0 Å². The maximum absolute atomic E-state index is 13.7. The van der Waals surface area contributed by atoms with Gasteiger partial charge in [-0.2, -0.15) is 0 Å². The van der Waals surface area contributed by atoms with E-state index in [-0.39, 0.29) is 29.9 Å². The third-order valence-electron chi connectivity index (χ3n) is 3.67. The predicted octanol–water partition coefficient (Wildman–Crippen LogP) is 2.67. The average molecular weight is 412 g/mol. The van der Waals surface area contributed by atoms with E-state index in [1.165, 1.54) is 13.2 Å². The van der Waals surface area contributed by atoms with Gasteiger partial charge in [-0.05, 0) is 12.5 Å². The molecule has 7 nitrogen and oxygen atoms in total. The highest BCUT2D eigenvalue weighted by Gasteiger charge is 2.36. The number of carbonyl (C=O) groups is 1. The fraction of sp³-hybridized carbons (Fsp3) is 0.688. The second kappa shape index (κ2) is 9.63. The number of ether oxygens (including phenoxy) is 1. The van der Waals surface area contributed by atoms with Crippen LogP contribution in [0.25, 0.3) is 0 Å². The molecule has 1 amide bonds. The summed E-state index contributed by atoms with van der Waals surface area (Å²) in [7, 11) is 1.46. The summed E-state index contributed by atoms with van der Waals surface area (Å²) in [5.74, 6) is -3.37. The zero-order chi connectivity index (χ0) is 20.8. The van der Waals surface area contributed by atoms with Gasteiger partial charge < -0.3 is 15.4 Å². The van der Waals surface area contributed by atoms with E-state index in [2.05, 4.69) is 20.8 Å². The highest BCUT2D eigenvalue weighted by atomic mass is 35.5. The zero-order valence-electron chi connectivity index (χ0n) is 15.7. The Morgan fingerprint density at radius 3 is 2.52 bits per heavy atom. The van der Waals surface area contributed by atoms with Gasteiger partial charge in [0, 0.05) is 37.3 Å². The number of nitrogens with two attached hydrogens (primary N) is 1. The molecular weight excluding hydrogens is 387 g/mol. The van der Waals surface area contributed by atoms with E-state index in [1.54, 1.807) is 20.8 Å². The molecule has 0 aromatic carbocycles. The van der Waals surface area contributed by atoms with Crippen LogP contribution in [-0.4, -0.2) is 48.6 Å². The second-order valence-corrected chi connectivity index (χ2v) is 7.48. The van der Waals surface area contributed by atoms with Crippen LogP contribution < -0.4 is 16.4 Å². The molecule has 1 aromatic heterocycles. The average Bonchev–Trinajstić information content (AvgIpc) is 2.56. The quantitative estimate of drug-likeness (QED) is 0.540. The first-order valence-corrected chi connectivity index (χ1v) is 8.59. The Bertz CT molecular complexity index is 641. The third-order valence-corrected chi connectivity index (χ3v) is 3.96. The van der Waals surface area contributed by atoms with Crippen molar-refractivity contribution in [2.45, 2.75) is 45.5 Å². The molecule has 0 saturated heterocycles. The number of methoxy groups -OCH3 is 1. The maximum atomic E-state index is 13.7. The van der Waals surface area contributed by atoms with Gasteiger partial charge in [0.05, 0.1) is 0 Å². The molecule has 0 saturated carbocycles. The molecule has 1 unspecified atom stereocenters. The van der Waals surface area contributed by atoms with E-state index in [1.807, 2.05) is 0 Å². The van der Waals surface area contributed by atoms with Crippen LogP contribution in [0.4, 0.5) is 19.0 Å². The number of nitrogens with zero attached hydrogens (tertiary/aromatic N) is 2. The number of hydrogen-bond donors (Lipinski definition) is 3. The molecule has 1 aromatic rings. The van der Waals surface area contributed by atoms with Gasteiger partial charge in [-0.15, -0.1) is 10.2 Å². The van der Waals surface area contributed by atoms with Crippen molar-refractivity contribution in [1.82, 2.24) is 15.5 Å². The summed E-state index contributed by atoms with van der Waals surface area (Å²) in [5, 5.41) is 12.8. The Morgan fingerprint density at radius 1 is 1.37 bits per heavy atom. The lowest BCUT2D eigenvalue weighted by Gasteiger charge is -2.25. The molecule has 27 heavy (non-hydrogen) atoms. The normalized spacial score (nSPS) is 15.5. The molecular formula is C16H25ClF3N5O2. The van der Waals surface area contributed by atoms with Crippen molar-refractivity contribution in [3.05, 3.63) is 16.8 Å². The van der Waals surface area contributed by atoms with Crippen LogP contribution in [0.1, 0.15) is 38.8 Å². The lowest BCUT2D eigenvalue weighted by Crippen LogP contribution is -2.51. The Hall–Kier alpha value is -1.49. The fourth-order valence-corrected chi connectivity index (χ4v) is 2.18. The van der Waals surface area contributed by atoms with Crippen LogP contribution in [0.5, 0.6) is 0 Å². The van der Waals surface area contributed by atoms with Gasteiger partial charge in [-0.25, -0.2) is 13.2 Å². The SMILES string of the molecule is COCC[C@@H](NCC(N)(F)C(F)F)c1cc(NC(=O)C(C)(C)C)nnc1Cl. The zero-order valence-corrected chi connectivity index (χ0v) is 16.4. The molecule has 0 aliphatic heterocycles. The van der Waals surface area contributed by atoms with Crippen molar-refractivity contribution < 1.29 is 22.7 Å². The number of alkyl halides is 3. The fourth-order valence-electron chi connectivity index (χ4n) is 1.96. The van der Waals surface area contributed by atoms with E-state index in [4.69, 9.17) is 22.1 Å². The van der Waals surface area contributed by atoms with Crippen molar-refractivity contribution >= 4 is 23.3 Å². The lowest BCUT2D eigenvalue weighted by atomic mass is 9.96. The summed E-state index contributed by atoms with van der Waals surface area (Å²) in [6, 6.07) is 0.751. The maximum Gasteiger partial charge on any atom is 0.286 e. The molecule has 1 heterocycles. The minimum atomic E-state index is -3.36. The number of aromatic nitrogens is 2. The Kier molecular flexibility index (Phi) is 8.40. The van der Waals surface area contributed by atoms with Gasteiger partial charge in [0.25, 0.3) is 6.43 Å². The van der Waals surface area contributed by atoms with Crippen molar-refractivity contribution in [2.24, 2.45) is 11.1 Å². The number of carbonyl (C=O) groups excluding carboxylic acids is 1. The van der Waals surface area contributed by atoms with E-state index in [0.717, 1.165) is 0 Å². The summed E-state index contributed by atoms with van der Waals surface area (Å²) >= 11 is 6.07. The minimum Gasteiger partial charge on any atom is -0.385 e. The first-order valence-electron chi connectivity index (χ1n) is 8.21. The summed E-state index contributed by atoms with van der Waals surface area (Å²) in [4.78, 5) is 12.1. The number of anilines is 1. The van der Waals surface area contributed by atoms with Gasteiger partial charge >= 0.3 is 0 Å². The smallest absolute Gasteiger partial charge is 0.286 e. The van der Waals surface area contributed by atoms with Crippen LogP contribution in [0.15, 0.2) is 6.07 Å². The van der Waals surface area contributed by atoms with Crippen molar-refractivity contribution in [1.29, 1.82) is 0 Å². The Labute approximate surface area is 161 Å². The van der Waals surface area contributed by atoms with E-state index >= 15 is 0 Å².